The monoisotopic (exact) mass is 361 g/mol. The Hall–Kier alpha value is -3.61. The predicted octanol–water partition coefficient (Wildman–Crippen LogP) is 4.50. The SMILES string of the molecule is CC(=NNc1nc(-c2ccccc2)nc(C)c1C)c1cccc([N+](=O)[O-])c1. The summed E-state index contributed by atoms with van der Waals surface area (Å²) in [5, 5.41) is 15.3. The fraction of sp³-hybridized carbons (Fsp3) is 0.150. The molecule has 1 heterocycles. The molecule has 0 fully saturated rings. The highest BCUT2D eigenvalue weighted by Crippen LogP contribution is 2.22. The number of rotatable bonds is 5. The fourth-order valence-corrected chi connectivity index (χ4v) is 2.50. The van der Waals surface area contributed by atoms with Gasteiger partial charge in [0.15, 0.2) is 11.6 Å². The van der Waals surface area contributed by atoms with Gasteiger partial charge in [-0.3, -0.25) is 15.5 Å². The summed E-state index contributed by atoms with van der Waals surface area (Å²) >= 11 is 0. The average Bonchev–Trinajstić information content (AvgIpc) is 2.69. The number of nitro benzene ring substituents is 1. The average molecular weight is 361 g/mol. The summed E-state index contributed by atoms with van der Waals surface area (Å²) in [5.74, 6) is 1.22. The molecule has 0 saturated heterocycles. The lowest BCUT2D eigenvalue weighted by molar-refractivity contribution is -0.384. The van der Waals surface area contributed by atoms with Crippen LogP contribution in [0.15, 0.2) is 59.7 Å². The lowest BCUT2D eigenvalue weighted by Gasteiger charge is -2.10. The van der Waals surface area contributed by atoms with Crippen molar-refractivity contribution in [2.24, 2.45) is 5.10 Å². The molecule has 7 heteroatoms. The third-order valence-electron chi connectivity index (χ3n) is 4.23. The van der Waals surface area contributed by atoms with Gasteiger partial charge in [0.1, 0.15) is 0 Å². The second kappa shape index (κ2) is 7.74. The number of nitrogens with zero attached hydrogens (tertiary/aromatic N) is 4. The van der Waals surface area contributed by atoms with Crippen molar-refractivity contribution in [3.63, 3.8) is 0 Å². The van der Waals surface area contributed by atoms with Crippen molar-refractivity contribution >= 4 is 17.2 Å². The molecule has 27 heavy (non-hydrogen) atoms. The van der Waals surface area contributed by atoms with Gasteiger partial charge in [-0.1, -0.05) is 42.5 Å². The van der Waals surface area contributed by atoms with Gasteiger partial charge in [-0.05, 0) is 20.8 Å². The lowest BCUT2D eigenvalue weighted by Crippen LogP contribution is -2.05. The van der Waals surface area contributed by atoms with E-state index >= 15 is 0 Å². The highest BCUT2D eigenvalue weighted by Gasteiger charge is 2.10. The van der Waals surface area contributed by atoms with Gasteiger partial charge in [-0.15, -0.1) is 0 Å². The zero-order valence-corrected chi connectivity index (χ0v) is 15.3. The van der Waals surface area contributed by atoms with Crippen molar-refractivity contribution in [1.29, 1.82) is 0 Å². The summed E-state index contributed by atoms with van der Waals surface area (Å²) in [7, 11) is 0. The number of nitrogens with one attached hydrogen (secondary N) is 1. The third-order valence-corrected chi connectivity index (χ3v) is 4.23. The van der Waals surface area contributed by atoms with E-state index in [4.69, 9.17) is 0 Å². The Bertz CT molecular complexity index is 1020. The minimum atomic E-state index is -0.422. The van der Waals surface area contributed by atoms with Crippen LogP contribution in [0.4, 0.5) is 11.5 Å². The molecule has 136 valence electrons. The molecule has 0 amide bonds. The van der Waals surface area contributed by atoms with Gasteiger partial charge in [0, 0.05) is 34.5 Å². The molecular weight excluding hydrogens is 342 g/mol. The summed E-state index contributed by atoms with van der Waals surface area (Å²) < 4.78 is 0. The number of nitro groups is 1. The van der Waals surface area contributed by atoms with E-state index in [0.29, 0.717) is 22.9 Å². The van der Waals surface area contributed by atoms with Crippen LogP contribution in [0.25, 0.3) is 11.4 Å². The Morgan fingerprint density at radius 1 is 1.07 bits per heavy atom. The molecule has 0 aliphatic carbocycles. The molecule has 0 unspecified atom stereocenters. The minimum absolute atomic E-state index is 0.0301. The molecule has 0 spiro atoms. The van der Waals surface area contributed by atoms with E-state index < -0.39 is 4.92 Å². The van der Waals surface area contributed by atoms with Gasteiger partial charge < -0.3 is 0 Å². The molecule has 3 aromatic rings. The topological polar surface area (TPSA) is 93.3 Å². The predicted molar refractivity (Wildman–Crippen MR) is 106 cm³/mol. The maximum atomic E-state index is 10.9. The fourth-order valence-electron chi connectivity index (χ4n) is 2.50. The molecule has 2 aromatic carbocycles. The first-order valence-electron chi connectivity index (χ1n) is 8.41. The van der Waals surface area contributed by atoms with Crippen LogP contribution in [-0.2, 0) is 0 Å². The Labute approximate surface area is 157 Å². The van der Waals surface area contributed by atoms with Crippen molar-refractivity contribution < 1.29 is 4.92 Å². The molecule has 1 N–H and O–H groups in total. The molecule has 1 aromatic heterocycles. The summed E-state index contributed by atoms with van der Waals surface area (Å²) in [4.78, 5) is 19.6. The first kappa shape index (κ1) is 18.2. The van der Waals surface area contributed by atoms with E-state index in [1.807, 2.05) is 44.2 Å². The first-order chi connectivity index (χ1) is 13.0. The largest absolute Gasteiger partial charge is 0.270 e. The first-order valence-corrected chi connectivity index (χ1v) is 8.41. The Morgan fingerprint density at radius 2 is 1.81 bits per heavy atom. The third kappa shape index (κ3) is 4.14. The van der Waals surface area contributed by atoms with Crippen molar-refractivity contribution in [3.05, 3.63) is 81.5 Å². The van der Waals surface area contributed by atoms with Crippen LogP contribution in [0.1, 0.15) is 23.7 Å². The summed E-state index contributed by atoms with van der Waals surface area (Å²) in [6, 6.07) is 16.1. The molecule has 0 saturated carbocycles. The lowest BCUT2D eigenvalue weighted by atomic mass is 10.1. The van der Waals surface area contributed by atoms with Gasteiger partial charge in [0.2, 0.25) is 0 Å². The van der Waals surface area contributed by atoms with Crippen LogP contribution in [0.5, 0.6) is 0 Å². The van der Waals surface area contributed by atoms with Gasteiger partial charge in [0.05, 0.1) is 10.6 Å². The second-order valence-electron chi connectivity index (χ2n) is 6.09. The van der Waals surface area contributed by atoms with Crippen LogP contribution >= 0.6 is 0 Å². The van der Waals surface area contributed by atoms with Gasteiger partial charge in [0.25, 0.3) is 5.69 Å². The van der Waals surface area contributed by atoms with E-state index in [0.717, 1.165) is 16.8 Å². The molecule has 0 bridgehead atoms. The summed E-state index contributed by atoms with van der Waals surface area (Å²) in [5.41, 5.74) is 6.97. The van der Waals surface area contributed by atoms with Crippen molar-refractivity contribution in [2.45, 2.75) is 20.8 Å². The minimum Gasteiger partial charge on any atom is -0.261 e. The number of aromatic nitrogens is 2. The molecule has 0 aliphatic rings. The highest BCUT2D eigenvalue weighted by atomic mass is 16.6. The van der Waals surface area contributed by atoms with Crippen LogP contribution in [0, 0.1) is 24.0 Å². The van der Waals surface area contributed by atoms with Gasteiger partial charge in [-0.25, -0.2) is 9.97 Å². The number of hydrogen-bond donors (Lipinski definition) is 1. The summed E-state index contributed by atoms with van der Waals surface area (Å²) in [6.07, 6.45) is 0. The van der Waals surface area contributed by atoms with E-state index in [9.17, 15) is 10.1 Å². The second-order valence-corrected chi connectivity index (χ2v) is 6.09. The molecule has 7 nitrogen and oxygen atoms in total. The molecule has 0 atom stereocenters. The number of hydrogen-bond acceptors (Lipinski definition) is 6. The number of non-ortho nitro benzene ring substituents is 1. The normalized spacial score (nSPS) is 11.3. The highest BCUT2D eigenvalue weighted by molar-refractivity contribution is 5.99. The van der Waals surface area contributed by atoms with E-state index in [-0.39, 0.29) is 5.69 Å². The smallest absolute Gasteiger partial charge is 0.261 e. The van der Waals surface area contributed by atoms with Crippen molar-refractivity contribution in [2.75, 3.05) is 5.43 Å². The van der Waals surface area contributed by atoms with Crippen LogP contribution in [0.3, 0.4) is 0 Å². The van der Waals surface area contributed by atoms with Gasteiger partial charge in [-0.2, -0.15) is 5.10 Å². The van der Waals surface area contributed by atoms with Crippen LogP contribution < -0.4 is 5.43 Å². The molecule has 0 radical (unpaired) electrons. The Balaban J connectivity index is 1.91. The Kier molecular flexibility index (Phi) is 5.21. The maximum Gasteiger partial charge on any atom is 0.270 e. The standard InChI is InChI=1S/C20H19N5O2/c1-13-14(2)21-20(16-8-5-4-6-9-16)22-19(13)24-23-15(3)17-10-7-11-18(12-17)25(26)27/h4-12H,1-3H3,(H,21,22,24). The zero-order valence-electron chi connectivity index (χ0n) is 15.3. The Morgan fingerprint density at radius 3 is 2.52 bits per heavy atom. The maximum absolute atomic E-state index is 10.9. The number of aryl methyl sites for hydroxylation is 1. The van der Waals surface area contributed by atoms with Gasteiger partial charge >= 0.3 is 0 Å². The molecule has 0 aliphatic heterocycles. The van der Waals surface area contributed by atoms with E-state index in [1.54, 1.807) is 19.1 Å². The van der Waals surface area contributed by atoms with Crippen LogP contribution in [0.2, 0.25) is 0 Å². The quantitative estimate of drug-likeness (QED) is 0.410. The molecular formula is C20H19N5O2. The number of hydrazone groups is 1. The van der Waals surface area contributed by atoms with E-state index in [2.05, 4.69) is 20.5 Å². The van der Waals surface area contributed by atoms with Crippen molar-refractivity contribution in [3.8, 4) is 11.4 Å². The van der Waals surface area contributed by atoms with E-state index in [1.165, 1.54) is 12.1 Å². The number of benzene rings is 2. The number of anilines is 1. The summed E-state index contributed by atoms with van der Waals surface area (Å²) in [6.45, 7) is 5.63. The van der Waals surface area contributed by atoms with Crippen molar-refractivity contribution in [1.82, 2.24) is 9.97 Å². The van der Waals surface area contributed by atoms with Crippen LogP contribution in [-0.4, -0.2) is 20.6 Å². The molecule has 3 rings (SSSR count). The zero-order chi connectivity index (χ0) is 19.4.